The summed E-state index contributed by atoms with van der Waals surface area (Å²) in [5, 5.41) is 2.84. The van der Waals surface area contributed by atoms with Gasteiger partial charge in [0, 0.05) is 5.56 Å². The van der Waals surface area contributed by atoms with Crippen LogP contribution in [0.5, 0.6) is 0 Å². The second kappa shape index (κ2) is 12.1. The summed E-state index contributed by atoms with van der Waals surface area (Å²) in [6, 6.07) is 13.0. The van der Waals surface area contributed by atoms with Crippen LogP contribution in [0.25, 0.3) is 0 Å². The lowest BCUT2D eigenvalue weighted by molar-refractivity contribution is 0.0602. The molecule has 0 aliphatic carbocycles. The standard InChI is InChI=1S/C25H33NO3/c1-4-5-6-7-8-9-10-11-20-13-15-21(16-14-20)24(27)26-23-18-19(2)12-17-22(23)25(28)29-3/h12-18H,4-11H2,1-3H3,(H,26,27). The number of anilines is 1. The van der Waals surface area contributed by atoms with Gasteiger partial charge in [-0.25, -0.2) is 4.79 Å². The zero-order chi connectivity index (χ0) is 21.1. The molecule has 1 N–H and O–H groups in total. The fourth-order valence-corrected chi connectivity index (χ4v) is 3.35. The minimum atomic E-state index is -0.467. The van der Waals surface area contributed by atoms with E-state index in [0.717, 1.165) is 12.0 Å². The minimum absolute atomic E-state index is 0.233. The Hall–Kier alpha value is -2.62. The molecule has 0 saturated carbocycles. The van der Waals surface area contributed by atoms with E-state index in [9.17, 15) is 9.59 Å². The number of aryl methyl sites for hydroxylation is 2. The van der Waals surface area contributed by atoms with Gasteiger partial charge in [-0.15, -0.1) is 0 Å². The fraction of sp³-hybridized carbons (Fsp3) is 0.440. The first-order valence-electron chi connectivity index (χ1n) is 10.6. The Morgan fingerprint density at radius 2 is 1.55 bits per heavy atom. The molecule has 0 aromatic heterocycles. The van der Waals surface area contributed by atoms with E-state index in [2.05, 4.69) is 12.2 Å². The van der Waals surface area contributed by atoms with Crippen molar-refractivity contribution in [1.82, 2.24) is 0 Å². The highest BCUT2D eigenvalue weighted by Gasteiger charge is 2.15. The van der Waals surface area contributed by atoms with Crippen molar-refractivity contribution in [3.63, 3.8) is 0 Å². The maximum atomic E-state index is 12.6. The first-order valence-corrected chi connectivity index (χ1v) is 10.6. The summed E-state index contributed by atoms with van der Waals surface area (Å²) >= 11 is 0. The highest BCUT2D eigenvalue weighted by atomic mass is 16.5. The number of benzene rings is 2. The van der Waals surface area contributed by atoms with Crippen LogP contribution in [0, 0.1) is 6.92 Å². The van der Waals surface area contributed by atoms with Crippen LogP contribution < -0.4 is 5.32 Å². The van der Waals surface area contributed by atoms with Gasteiger partial charge in [0.25, 0.3) is 5.91 Å². The summed E-state index contributed by atoms with van der Waals surface area (Å²) in [4.78, 5) is 24.6. The minimum Gasteiger partial charge on any atom is -0.465 e. The molecule has 29 heavy (non-hydrogen) atoms. The number of carbonyl (C=O) groups excluding carboxylic acids is 2. The Balaban J connectivity index is 1.89. The van der Waals surface area contributed by atoms with Crippen LogP contribution in [-0.4, -0.2) is 19.0 Å². The number of amides is 1. The summed E-state index contributed by atoms with van der Waals surface area (Å²) in [5.41, 5.74) is 3.60. The topological polar surface area (TPSA) is 55.4 Å². The monoisotopic (exact) mass is 395 g/mol. The Morgan fingerprint density at radius 3 is 2.21 bits per heavy atom. The summed E-state index contributed by atoms with van der Waals surface area (Å²) in [6.07, 6.45) is 10.1. The van der Waals surface area contributed by atoms with Gasteiger partial charge in [-0.1, -0.05) is 63.6 Å². The molecule has 0 radical (unpaired) electrons. The zero-order valence-corrected chi connectivity index (χ0v) is 17.9. The van der Waals surface area contributed by atoms with Gasteiger partial charge in [0.05, 0.1) is 18.4 Å². The number of carbonyl (C=O) groups is 2. The quantitative estimate of drug-likeness (QED) is 0.357. The zero-order valence-electron chi connectivity index (χ0n) is 17.9. The molecule has 2 aromatic carbocycles. The first kappa shape index (κ1) is 22.7. The number of hydrogen-bond acceptors (Lipinski definition) is 3. The third-order valence-corrected chi connectivity index (χ3v) is 5.11. The largest absolute Gasteiger partial charge is 0.465 e. The number of unbranched alkanes of at least 4 members (excludes halogenated alkanes) is 6. The normalized spacial score (nSPS) is 10.6. The molecule has 0 fully saturated rings. The molecule has 1 amide bonds. The molecular formula is C25H33NO3. The maximum absolute atomic E-state index is 12.6. The van der Waals surface area contributed by atoms with Crippen molar-refractivity contribution in [3.05, 3.63) is 64.7 Å². The van der Waals surface area contributed by atoms with Crippen LogP contribution >= 0.6 is 0 Å². The van der Waals surface area contributed by atoms with E-state index in [0.29, 0.717) is 16.8 Å². The van der Waals surface area contributed by atoms with Gasteiger partial charge in [-0.2, -0.15) is 0 Å². The van der Waals surface area contributed by atoms with E-state index in [1.54, 1.807) is 12.1 Å². The summed E-state index contributed by atoms with van der Waals surface area (Å²) < 4.78 is 4.80. The number of ether oxygens (including phenoxy) is 1. The van der Waals surface area contributed by atoms with E-state index in [4.69, 9.17) is 4.74 Å². The fourth-order valence-electron chi connectivity index (χ4n) is 3.35. The van der Waals surface area contributed by atoms with Crippen molar-refractivity contribution >= 4 is 17.6 Å². The van der Waals surface area contributed by atoms with Crippen molar-refractivity contribution in [2.75, 3.05) is 12.4 Å². The number of methoxy groups -OCH3 is 1. The summed E-state index contributed by atoms with van der Waals surface area (Å²) in [7, 11) is 1.33. The first-order chi connectivity index (χ1) is 14.0. The molecule has 0 aliphatic heterocycles. The van der Waals surface area contributed by atoms with Crippen LogP contribution in [0.3, 0.4) is 0 Å². The number of rotatable bonds is 11. The van der Waals surface area contributed by atoms with Crippen LogP contribution in [0.2, 0.25) is 0 Å². The van der Waals surface area contributed by atoms with Crippen molar-refractivity contribution < 1.29 is 14.3 Å². The summed E-state index contributed by atoms with van der Waals surface area (Å²) in [5.74, 6) is -0.700. The molecule has 0 atom stereocenters. The molecule has 4 nitrogen and oxygen atoms in total. The van der Waals surface area contributed by atoms with Gasteiger partial charge in [0.2, 0.25) is 0 Å². The molecule has 2 rings (SSSR count). The van der Waals surface area contributed by atoms with Crippen molar-refractivity contribution in [2.24, 2.45) is 0 Å². The van der Waals surface area contributed by atoms with E-state index < -0.39 is 5.97 Å². The molecular weight excluding hydrogens is 362 g/mol. The highest BCUT2D eigenvalue weighted by Crippen LogP contribution is 2.20. The van der Waals surface area contributed by atoms with Crippen LogP contribution in [-0.2, 0) is 11.2 Å². The average molecular weight is 396 g/mol. The predicted molar refractivity (Wildman–Crippen MR) is 119 cm³/mol. The Kier molecular flexibility index (Phi) is 9.42. The molecule has 4 heteroatoms. The van der Waals surface area contributed by atoms with Crippen molar-refractivity contribution in [3.8, 4) is 0 Å². The number of hydrogen-bond donors (Lipinski definition) is 1. The van der Waals surface area contributed by atoms with Gasteiger partial charge in [-0.3, -0.25) is 4.79 Å². The van der Waals surface area contributed by atoms with Gasteiger partial charge in [-0.05, 0) is 55.2 Å². The average Bonchev–Trinajstić information content (AvgIpc) is 2.73. The smallest absolute Gasteiger partial charge is 0.339 e. The van der Waals surface area contributed by atoms with Crippen LogP contribution in [0.15, 0.2) is 42.5 Å². The van der Waals surface area contributed by atoms with E-state index in [1.807, 2.05) is 37.3 Å². The second-order valence-corrected chi connectivity index (χ2v) is 7.56. The second-order valence-electron chi connectivity index (χ2n) is 7.56. The molecule has 0 aliphatic rings. The molecule has 0 saturated heterocycles. The highest BCUT2D eigenvalue weighted by molar-refractivity contribution is 6.08. The summed E-state index contributed by atoms with van der Waals surface area (Å²) in [6.45, 7) is 4.15. The molecule has 156 valence electrons. The van der Waals surface area contributed by atoms with Gasteiger partial charge in [0.1, 0.15) is 0 Å². The third-order valence-electron chi connectivity index (χ3n) is 5.11. The maximum Gasteiger partial charge on any atom is 0.339 e. The van der Waals surface area contributed by atoms with Crippen molar-refractivity contribution in [2.45, 2.75) is 65.2 Å². The van der Waals surface area contributed by atoms with Crippen LogP contribution in [0.4, 0.5) is 5.69 Å². The SMILES string of the molecule is CCCCCCCCCc1ccc(C(=O)Nc2cc(C)ccc2C(=O)OC)cc1. The number of nitrogens with one attached hydrogen (secondary N) is 1. The molecule has 0 unspecified atom stereocenters. The predicted octanol–water partition coefficient (Wildman–Crippen LogP) is 6.33. The van der Waals surface area contributed by atoms with E-state index in [-0.39, 0.29) is 5.91 Å². The number of esters is 1. The van der Waals surface area contributed by atoms with Gasteiger partial charge >= 0.3 is 5.97 Å². The van der Waals surface area contributed by atoms with Gasteiger partial charge < -0.3 is 10.1 Å². The molecule has 0 heterocycles. The lowest BCUT2D eigenvalue weighted by Crippen LogP contribution is -2.15. The van der Waals surface area contributed by atoms with E-state index in [1.165, 1.54) is 57.6 Å². The Bertz CT molecular complexity index is 796. The Morgan fingerprint density at radius 1 is 0.897 bits per heavy atom. The lowest BCUT2D eigenvalue weighted by atomic mass is 10.0. The molecule has 0 bridgehead atoms. The van der Waals surface area contributed by atoms with Crippen LogP contribution in [0.1, 0.15) is 83.7 Å². The Labute approximate surface area is 174 Å². The van der Waals surface area contributed by atoms with Crippen molar-refractivity contribution in [1.29, 1.82) is 0 Å². The molecule has 2 aromatic rings. The van der Waals surface area contributed by atoms with E-state index >= 15 is 0 Å². The third kappa shape index (κ3) is 7.37. The van der Waals surface area contributed by atoms with Gasteiger partial charge in [0.15, 0.2) is 0 Å². The lowest BCUT2D eigenvalue weighted by Gasteiger charge is -2.11. The molecule has 0 spiro atoms.